The highest BCUT2D eigenvalue weighted by atomic mass is 32.2. The standard InChI is InChI=1S/C11H18N4OS/c1-3-8(7-17-2)14-11(16)10-5-4-9(15-12)6-13-10/h4-6,8,15H,3,7,12H2,1-2H3,(H,14,16). The highest BCUT2D eigenvalue weighted by Gasteiger charge is 2.12. The molecule has 1 amide bonds. The van der Waals surface area contributed by atoms with E-state index in [-0.39, 0.29) is 11.9 Å². The fourth-order valence-corrected chi connectivity index (χ4v) is 2.06. The molecule has 0 bridgehead atoms. The number of nitrogens with zero attached hydrogens (tertiary/aromatic N) is 1. The van der Waals surface area contributed by atoms with Crippen molar-refractivity contribution in [1.82, 2.24) is 10.3 Å². The Balaban J connectivity index is 2.62. The minimum atomic E-state index is -0.144. The molecule has 0 aliphatic heterocycles. The Labute approximate surface area is 106 Å². The third-order valence-electron chi connectivity index (χ3n) is 2.36. The van der Waals surface area contributed by atoms with E-state index in [1.165, 1.54) is 6.20 Å². The Kier molecular flexibility index (Phi) is 5.79. The Bertz CT molecular complexity index is 355. The molecule has 4 N–H and O–H groups in total. The zero-order chi connectivity index (χ0) is 12.7. The molecule has 1 heterocycles. The van der Waals surface area contributed by atoms with Crippen LogP contribution in [0.3, 0.4) is 0 Å². The molecule has 0 fully saturated rings. The number of aromatic nitrogens is 1. The Morgan fingerprint density at radius 2 is 2.35 bits per heavy atom. The molecule has 1 aromatic heterocycles. The lowest BCUT2D eigenvalue weighted by molar-refractivity contribution is 0.0935. The number of hydrogen-bond donors (Lipinski definition) is 3. The number of thioether (sulfide) groups is 1. The van der Waals surface area contributed by atoms with E-state index in [9.17, 15) is 4.79 Å². The second-order valence-electron chi connectivity index (χ2n) is 3.61. The van der Waals surface area contributed by atoms with Gasteiger partial charge in [0, 0.05) is 11.8 Å². The molecule has 1 aromatic rings. The molecule has 17 heavy (non-hydrogen) atoms. The summed E-state index contributed by atoms with van der Waals surface area (Å²) < 4.78 is 0. The van der Waals surface area contributed by atoms with Gasteiger partial charge in [-0.05, 0) is 24.8 Å². The number of pyridine rings is 1. The van der Waals surface area contributed by atoms with Gasteiger partial charge in [-0.2, -0.15) is 11.8 Å². The van der Waals surface area contributed by atoms with Crippen LogP contribution in [0.1, 0.15) is 23.8 Å². The minimum absolute atomic E-state index is 0.144. The van der Waals surface area contributed by atoms with E-state index in [4.69, 9.17) is 5.84 Å². The molecule has 0 aliphatic rings. The number of hydrazine groups is 1. The Morgan fingerprint density at radius 3 is 2.82 bits per heavy atom. The lowest BCUT2D eigenvalue weighted by Gasteiger charge is -2.15. The number of nitrogen functional groups attached to an aromatic ring is 1. The van der Waals surface area contributed by atoms with Crippen LogP contribution in [0.2, 0.25) is 0 Å². The summed E-state index contributed by atoms with van der Waals surface area (Å²) in [4.78, 5) is 15.9. The summed E-state index contributed by atoms with van der Waals surface area (Å²) in [5.41, 5.74) is 3.55. The van der Waals surface area contributed by atoms with Crippen LogP contribution >= 0.6 is 11.8 Å². The van der Waals surface area contributed by atoms with Crippen molar-refractivity contribution in [3.8, 4) is 0 Å². The quantitative estimate of drug-likeness (QED) is 0.526. The van der Waals surface area contributed by atoms with Crippen molar-refractivity contribution in [2.24, 2.45) is 5.84 Å². The van der Waals surface area contributed by atoms with Crippen molar-refractivity contribution >= 4 is 23.4 Å². The smallest absolute Gasteiger partial charge is 0.270 e. The molecule has 6 heteroatoms. The summed E-state index contributed by atoms with van der Waals surface area (Å²) in [6.07, 6.45) is 4.47. The molecule has 0 radical (unpaired) electrons. The van der Waals surface area contributed by atoms with Crippen LogP contribution in [0.4, 0.5) is 5.69 Å². The molecule has 0 saturated carbocycles. The van der Waals surface area contributed by atoms with Gasteiger partial charge in [0.25, 0.3) is 5.91 Å². The van der Waals surface area contributed by atoms with Crippen LogP contribution in [0.15, 0.2) is 18.3 Å². The second-order valence-corrected chi connectivity index (χ2v) is 4.52. The van der Waals surface area contributed by atoms with Gasteiger partial charge in [-0.3, -0.25) is 10.6 Å². The largest absolute Gasteiger partial charge is 0.347 e. The summed E-state index contributed by atoms with van der Waals surface area (Å²) in [7, 11) is 0. The molecule has 5 nitrogen and oxygen atoms in total. The minimum Gasteiger partial charge on any atom is -0.347 e. The van der Waals surface area contributed by atoms with Crippen LogP contribution in [-0.4, -0.2) is 28.9 Å². The SMILES string of the molecule is CCC(CSC)NC(=O)c1ccc(NN)cn1. The predicted octanol–water partition coefficient (Wildman–Crippen LogP) is 1.24. The van der Waals surface area contributed by atoms with E-state index in [2.05, 4.69) is 22.7 Å². The van der Waals surface area contributed by atoms with Crippen LogP contribution in [0.5, 0.6) is 0 Å². The van der Waals surface area contributed by atoms with Gasteiger partial charge in [0.2, 0.25) is 0 Å². The van der Waals surface area contributed by atoms with E-state index >= 15 is 0 Å². The molecule has 0 spiro atoms. The van der Waals surface area contributed by atoms with Crippen LogP contribution in [0, 0.1) is 0 Å². The number of carbonyl (C=O) groups excluding carboxylic acids is 1. The van der Waals surface area contributed by atoms with Crippen molar-refractivity contribution in [1.29, 1.82) is 0 Å². The molecule has 1 unspecified atom stereocenters. The third kappa shape index (κ3) is 4.24. The summed E-state index contributed by atoms with van der Waals surface area (Å²) in [5, 5.41) is 2.95. The molecule has 0 aromatic carbocycles. The van der Waals surface area contributed by atoms with Crippen LogP contribution < -0.4 is 16.6 Å². The Morgan fingerprint density at radius 1 is 1.59 bits per heavy atom. The normalized spacial score (nSPS) is 11.9. The highest BCUT2D eigenvalue weighted by molar-refractivity contribution is 7.98. The van der Waals surface area contributed by atoms with Crippen molar-refractivity contribution in [3.05, 3.63) is 24.0 Å². The first-order valence-corrected chi connectivity index (χ1v) is 6.83. The van der Waals surface area contributed by atoms with Gasteiger partial charge >= 0.3 is 0 Å². The predicted molar refractivity (Wildman–Crippen MR) is 72.0 cm³/mol. The van der Waals surface area contributed by atoms with Gasteiger partial charge in [0.1, 0.15) is 5.69 Å². The fourth-order valence-electron chi connectivity index (χ4n) is 1.34. The average molecular weight is 254 g/mol. The molecule has 0 aliphatic carbocycles. The van der Waals surface area contributed by atoms with Gasteiger partial charge < -0.3 is 10.7 Å². The molecule has 1 atom stereocenters. The van der Waals surface area contributed by atoms with Gasteiger partial charge in [0.15, 0.2) is 0 Å². The third-order valence-corrected chi connectivity index (χ3v) is 3.09. The number of hydrogen-bond acceptors (Lipinski definition) is 5. The average Bonchev–Trinajstić information content (AvgIpc) is 2.38. The number of nitrogens with two attached hydrogens (primary N) is 1. The number of nitrogens with one attached hydrogen (secondary N) is 2. The maximum atomic E-state index is 11.9. The fraction of sp³-hybridized carbons (Fsp3) is 0.455. The van der Waals surface area contributed by atoms with E-state index in [1.807, 2.05) is 6.26 Å². The van der Waals surface area contributed by atoms with Crippen LogP contribution in [-0.2, 0) is 0 Å². The number of amides is 1. The monoisotopic (exact) mass is 254 g/mol. The number of carbonyl (C=O) groups is 1. The van der Waals surface area contributed by atoms with Crippen molar-refractivity contribution in [2.45, 2.75) is 19.4 Å². The van der Waals surface area contributed by atoms with Gasteiger partial charge in [-0.15, -0.1) is 0 Å². The van der Waals surface area contributed by atoms with E-state index in [0.29, 0.717) is 11.4 Å². The van der Waals surface area contributed by atoms with Gasteiger partial charge in [-0.25, -0.2) is 4.98 Å². The summed E-state index contributed by atoms with van der Waals surface area (Å²) in [5.74, 6) is 5.99. The number of rotatable bonds is 6. The summed E-state index contributed by atoms with van der Waals surface area (Å²) in [6.45, 7) is 2.05. The molecular formula is C11H18N4OS. The molecular weight excluding hydrogens is 236 g/mol. The van der Waals surface area contributed by atoms with Gasteiger partial charge in [-0.1, -0.05) is 6.92 Å². The lowest BCUT2D eigenvalue weighted by Crippen LogP contribution is -2.36. The first-order valence-electron chi connectivity index (χ1n) is 5.43. The number of anilines is 1. The van der Waals surface area contributed by atoms with E-state index in [0.717, 1.165) is 12.2 Å². The Hall–Kier alpha value is -1.27. The highest BCUT2D eigenvalue weighted by Crippen LogP contribution is 2.06. The van der Waals surface area contributed by atoms with Crippen LogP contribution in [0.25, 0.3) is 0 Å². The molecule has 94 valence electrons. The second kappa shape index (κ2) is 7.13. The van der Waals surface area contributed by atoms with E-state index in [1.54, 1.807) is 23.9 Å². The van der Waals surface area contributed by atoms with Crippen molar-refractivity contribution < 1.29 is 4.79 Å². The zero-order valence-corrected chi connectivity index (χ0v) is 10.9. The molecule has 0 saturated heterocycles. The van der Waals surface area contributed by atoms with Gasteiger partial charge in [0.05, 0.1) is 11.9 Å². The topological polar surface area (TPSA) is 80.0 Å². The maximum Gasteiger partial charge on any atom is 0.270 e. The maximum absolute atomic E-state index is 11.9. The molecule has 1 rings (SSSR count). The zero-order valence-electron chi connectivity index (χ0n) is 10.1. The first-order chi connectivity index (χ1) is 8.21. The lowest BCUT2D eigenvalue weighted by atomic mass is 10.2. The van der Waals surface area contributed by atoms with Crippen molar-refractivity contribution in [3.63, 3.8) is 0 Å². The summed E-state index contributed by atoms with van der Waals surface area (Å²) >= 11 is 1.72. The van der Waals surface area contributed by atoms with Crippen molar-refractivity contribution in [2.75, 3.05) is 17.4 Å². The summed E-state index contributed by atoms with van der Waals surface area (Å²) in [6, 6.07) is 3.56. The van der Waals surface area contributed by atoms with E-state index < -0.39 is 0 Å². The first kappa shape index (κ1) is 13.8.